The number of Topliss-reactive ketones (excluding diaryl/α,β-unsaturated/α-hetero) is 1. The molecule has 0 saturated heterocycles. The third kappa shape index (κ3) is 2.21. The SMILES string of the molecule is COc1c(C(C)(F)F)ccc(C)c1C(C)=O. The Kier molecular flexibility index (Phi) is 3.31. The van der Waals surface area contributed by atoms with Crippen LogP contribution < -0.4 is 4.74 Å². The third-order valence-corrected chi connectivity index (χ3v) is 2.40. The summed E-state index contributed by atoms with van der Waals surface area (Å²) in [5, 5.41) is 0. The minimum atomic E-state index is -3.02. The summed E-state index contributed by atoms with van der Waals surface area (Å²) >= 11 is 0. The summed E-state index contributed by atoms with van der Waals surface area (Å²) in [6.07, 6.45) is 0. The van der Waals surface area contributed by atoms with Gasteiger partial charge in [0.05, 0.1) is 18.2 Å². The van der Waals surface area contributed by atoms with E-state index in [2.05, 4.69) is 0 Å². The third-order valence-electron chi connectivity index (χ3n) is 2.40. The van der Waals surface area contributed by atoms with E-state index in [9.17, 15) is 13.6 Å². The molecule has 0 aliphatic carbocycles. The number of rotatable bonds is 3. The van der Waals surface area contributed by atoms with Gasteiger partial charge in [-0.05, 0) is 25.5 Å². The average molecular weight is 228 g/mol. The molecule has 0 saturated carbocycles. The molecule has 1 aromatic carbocycles. The van der Waals surface area contributed by atoms with Crippen LogP contribution >= 0.6 is 0 Å². The van der Waals surface area contributed by atoms with Crippen molar-refractivity contribution in [2.75, 3.05) is 7.11 Å². The molecule has 0 N–H and O–H groups in total. The van der Waals surface area contributed by atoms with Crippen molar-refractivity contribution in [3.63, 3.8) is 0 Å². The van der Waals surface area contributed by atoms with Crippen molar-refractivity contribution >= 4 is 5.78 Å². The van der Waals surface area contributed by atoms with Crippen LogP contribution in [0.5, 0.6) is 5.75 Å². The van der Waals surface area contributed by atoms with Crippen LogP contribution in [0.15, 0.2) is 12.1 Å². The maximum absolute atomic E-state index is 13.3. The zero-order valence-corrected chi connectivity index (χ0v) is 9.73. The van der Waals surface area contributed by atoms with Crippen LogP contribution in [0.1, 0.15) is 35.3 Å². The normalized spacial score (nSPS) is 11.4. The van der Waals surface area contributed by atoms with Gasteiger partial charge in [-0.3, -0.25) is 4.79 Å². The zero-order valence-electron chi connectivity index (χ0n) is 9.73. The molecule has 0 radical (unpaired) electrons. The van der Waals surface area contributed by atoms with E-state index >= 15 is 0 Å². The number of hydrogen-bond acceptors (Lipinski definition) is 2. The van der Waals surface area contributed by atoms with Crippen LogP contribution in [-0.4, -0.2) is 12.9 Å². The molecule has 0 heterocycles. The van der Waals surface area contributed by atoms with Gasteiger partial charge in [0, 0.05) is 6.92 Å². The second kappa shape index (κ2) is 4.20. The number of alkyl halides is 2. The average Bonchev–Trinajstić information content (AvgIpc) is 2.14. The van der Waals surface area contributed by atoms with Gasteiger partial charge in [-0.25, -0.2) is 8.78 Å². The number of carbonyl (C=O) groups is 1. The molecule has 0 amide bonds. The Morgan fingerprint density at radius 1 is 1.38 bits per heavy atom. The second-order valence-corrected chi connectivity index (χ2v) is 3.78. The van der Waals surface area contributed by atoms with E-state index in [0.29, 0.717) is 5.56 Å². The fourth-order valence-corrected chi connectivity index (χ4v) is 1.68. The Hall–Kier alpha value is -1.45. The lowest BCUT2D eigenvalue weighted by atomic mass is 9.97. The molecule has 0 unspecified atom stereocenters. The van der Waals surface area contributed by atoms with Crippen molar-refractivity contribution in [1.29, 1.82) is 0 Å². The minimum Gasteiger partial charge on any atom is -0.495 e. The van der Waals surface area contributed by atoms with Gasteiger partial charge in [-0.2, -0.15) is 0 Å². The van der Waals surface area contributed by atoms with Crippen molar-refractivity contribution < 1.29 is 18.3 Å². The first-order valence-electron chi connectivity index (χ1n) is 4.86. The highest BCUT2D eigenvalue weighted by molar-refractivity contribution is 5.98. The Labute approximate surface area is 93.2 Å². The zero-order chi connectivity index (χ0) is 12.5. The number of aryl methyl sites for hydroxylation is 1. The monoisotopic (exact) mass is 228 g/mol. The molecule has 1 rings (SSSR count). The maximum Gasteiger partial charge on any atom is 0.274 e. The lowest BCUT2D eigenvalue weighted by Crippen LogP contribution is -2.12. The van der Waals surface area contributed by atoms with Crippen molar-refractivity contribution in [2.24, 2.45) is 0 Å². The van der Waals surface area contributed by atoms with Crippen LogP contribution in [0, 0.1) is 6.92 Å². The summed E-state index contributed by atoms with van der Waals surface area (Å²) in [6, 6.07) is 2.80. The smallest absolute Gasteiger partial charge is 0.274 e. The van der Waals surface area contributed by atoms with Crippen LogP contribution in [0.25, 0.3) is 0 Å². The number of benzene rings is 1. The van der Waals surface area contributed by atoms with Crippen LogP contribution in [0.3, 0.4) is 0 Å². The highest BCUT2D eigenvalue weighted by Gasteiger charge is 2.31. The molecule has 1 aromatic rings. The minimum absolute atomic E-state index is 0.0278. The summed E-state index contributed by atoms with van der Waals surface area (Å²) in [7, 11) is 1.29. The van der Waals surface area contributed by atoms with Gasteiger partial charge in [-0.15, -0.1) is 0 Å². The van der Waals surface area contributed by atoms with Gasteiger partial charge < -0.3 is 4.74 Å². The highest BCUT2D eigenvalue weighted by Crippen LogP contribution is 2.38. The quantitative estimate of drug-likeness (QED) is 0.742. The fourth-order valence-electron chi connectivity index (χ4n) is 1.68. The van der Waals surface area contributed by atoms with Crippen LogP contribution in [0.4, 0.5) is 8.78 Å². The first kappa shape index (κ1) is 12.6. The van der Waals surface area contributed by atoms with Crippen molar-refractivity contribution in [3.8, 4) is 5.75 Å². The summed E-state index contributed by atoms with van der Waals surface area (Å²) in [4.78, 5) is 11.4. The molecule has 16 heavy (non-hydrogen) atoms. The van der Waals surface area contributed by atoms with E-state index in [1.54, 1.807) is 6.92 Å². The van der Waals surface area contributed by atoms with Gasteiger partial charge >= 0.3 is 0 Å². The molecule has 0 spiro atoms. The summed E-state index contributed by atoms with van der Waals surface area (Å²) in [5.74, 6) is -3.33. The first-order valence-corrected chi connectivity index (χ1v) is 4.86. The molecular formula is C12H14F2O2. The molecule has 0 aliphatic heterocycles. The number of halogens is 2. The number of ketones is 1. The molecule has 88 valence electrons. The van der Waals surface area contributed by atoms with Crippen molar-refractivity contribution in [1.82, 2.24) is 0 Å². The number of ether oxygens (including phenoxy) is 1. The molecule has 0 aliphatic rings. The molecule has 0 aromatic heterocycles. The van der Waals surface area contributed by atoms with Gasteiger partial charge in [0.1, 0.15) is 5.75 Å². The topological polar surface area (TPSA) is 26.3 Å². The molecule has 4 heteroatoms. The van der Waals surface area contributed by atoms with E-state index in [4.69, 9.17) is 4.74 Å². The summed E-state index contributed by atoms with van der Waals surface area (Å²) < 4.78 is 31.5. The van der Waals surface area contributed by atoms with Crippen molar-refractivity contribution in [2.45, 2.75) is 26.7 Å². The molecular weight excluding hydrogens is 214 g/mol. The van der Waals surface area contributed by atoms with E-state index < -0.39 is 5.92 Å². The number of carbonyl (C=O) groups excluding carboxylic acids is 1. The fraction of sp³-hybridized carbons (Fsp3) is 0.417. The lowest BCUT2D eigenvalue weighted by Gasteiger charge is -2.18. The Balaban J connectivity index is 3.56. The highest BCUT2D eigenvalue weighted by atomic mass is 19.3. The summed E-state index contributed by atoms with van der Waals surface area (Å²) in [6.45, 7) is 3.81. The molecule has 2 nitrogen and oxygen atoms in total. The van der Waals surface area contributed by atoms with Gasteiger partial charge in [0.15, 0.2) is 5.78 Å². The van der Waals surface area contributed by atoms with E-state index in [1.165, 1.54) is 26.2 Å². The van der Waals surface area contributed by atoms with Crippen LogP contribution in [0.2, 0.25) is 0 Å². The maximum atomic E-state index is 13.3. The number of hydrogen-bond donors (Lipinski definition) is 0. The van der Waals surface area contributed by atoms with E-state index in [-0.39, 0.29) is 22.7 Å². The van der Waals surface area contributed by atoms with Crippen LogP contribution in [-0.2, 0) is 5.92 Å². The largest absolute Gasteiger partial charge is 0.495 e. The van der Waals surface area contributed by atoms with Gasteiger partial charge in [-0.1, -0.05) is 6.07 Å². The Bertz CT molecular complexity index is 420. The van der Waals surface area contributed by atoms with Crippen molar-refractivity contribution in [3.05, 3.63) is 28.8 Å². The molecule has 0 bridgehead atoms. The molecule has 0 atom stereocenters. The molecule has 0 fully saturated rings. The second-order valence-electron chi connectivity index (χ2n) is 3.78. The van der Waals surface area contributed by atoms with Gasteiger partial charge in [0.2, 0.25) is 0 Å². The predicted molar refractivity (Wildman–Crippen MR) is 57.3 cm³/mol. The summed E-state index contributed by atoms with van der Waals surface area (Å²) in [5.41, 5.74) is 0.602. The predicted octanol–water partition coefficient (Wildman–Crippen LogP) is 3.32. The van der Waals surface area contributed by atoms with Gasteiger partial charge in [0.25, 0.3) is 5.92 Å². The first-order chi connectivity index (χ1) is 7.29. The lowest BCUT2D eigenvalue weighted by molar-refractivity contribution is 0.0150. The Morgan fingerprint density at radius 3 is 2.31 bits per heavy atom. The number of methoxy groups -OCH3 is 1. The van der Waals surface area contributed by atoms with E-state index in [1.807, 2.05) is 0 Å². The standard InChI is InChI=1S/C12H14F2O2/c1-7-5-6-9(12(3,13)14)11(16-4)10(7)8(2)15/h5-6H,1-4H3. The van der Waals surface area contributed by atoms with E-state index in [0.717, 1.165) is 6.92 Å². The Morgan fingerprint density at radius 2 is 1.94 bits per heavy atom.